The van der Waals surface area contributed by atoms with Gasteiger partial charge in [-0.2, -0.15) is 0 Å². The minimum atomic E-state index is -0.570. The first kappa shape index (κ1) is 24.6. The van der Waals surface area contributed by atoms with Gasteiger partial charge in [0.1, 0.15) is 11.2 Å². The van der Waals surface area contributed by atoms with Crippen molar-refractivity contribution in [1.29, 1.82) is 0 Å². The van der Waals surface area contributed by atoms with E-state index < -0.39 is 5.97 Å². The summed E-state index contributed by atoms with van der Waals surface area (Å²) in [4.78, 5) is 39.1. The molecule has 0 aliphatic carbocycles. The minimum Gasteiger partial charge on any atom is -0.463 e. The summed E-state index contributed by atoms with van der Waals surface area (Å²) < 4.78 is 17.7. The second-order valence-corrected chi connectivity index (χ2v) is 9.42. The van der Waals surface area contributed by atoms with Crippen LogP contribution in [0.3, 0.4) is 0 Å². The van der Waals surface area contributed by atoms with Crippen LogP contribution in [0.25, 0.3) is 12.2 Å². The fraction of sp³-hybridized carbons (Fsp3) is 0.240. The maximum atomic E-state index is 13.1. The summed E-state index contributed by atoms with van der Waals surface area (Å²) in [5, 5.41) is 2.81. The van der Waals surface area contributed by atoms with Crippen molar-refractivity contribution >= 4 is 47.1 Å². The van der Waals surface area contributed by atoms with Gasteiger partial charge in [0.05, 0.1) is 17.2 Å². The summed E-state index contributed by atoms with van der Waals surface area (Å²) in [5.74, 6) is 0.356. The molecule has 35 heavy (non-hydrogen) atoms. The number of carbonyl (C=O) groups is 2. The number of hydrogen-bond donors (Lipinski definition) is 1. The highest BCUT2D eigenvalue weighted by molar-refractivity contribution is 7.98. The molecule has 1 amide bonds. The SMILES string of the molecule is CCOC(=O)/C=c1\s/c(=C\c2ccc(SC)cc2)c(=O)n1CC(=O)NCc1ccc2c(c1)OCO2. The predicted octanol–water partition coefficient (Wildman–Crippen LogP) is 1.85. The molecule has 2 heterocycles. The number of amides is 1. The number of benzene rings is 2. The summed E-state index contributed by atoms with van der Waals surface area (Å²) in [6, 6.07) is 13.2. The minimum absolute atomic E-state index is 0.174. The number of nitrogens with zero attached hydrogens (tertiary/aromatic N) is 1. The average Bonchev–Trinajstić information content (AvgIpc) is 3.43. The molecule has 8 nitrogen and oxygen atoms in total. The molecule has 0 saturated carbocycles. The van der Waals surface area contributed by atoms with Gasteiger partial charge in [0.2, 0.25) is 12.7 Å². The lowest BCUT2D eigenvalue weighted by Gasteiger charge is -2.07. The zero-order valence-electron chi connectivity index (χ0n) is 19.2. The highest BCUT2D eigenvalue weighted by atomic mass is 32.2. The van der Waals surface area contributed by atoms with Crippen LogP contribution in [-0.4, -0.2) is 36.1 Å². The van der Waals surface area contributed by atoms with Crippen molar-refractivity contribution in [3.8, 4) is 11.5 Å². The van der Waals surface area contributed by atoms with Crippen LogP contribution < -0.4 is 29.5 Å². The second kappa shape index (κ2) is 11.3. The molecule has 1 aromatic heterocycles. The Morgan fingerprint density at radius 1 is 1.17 bits per heavy atom. The first-order valence-electron chi connectivity index (χ1n) is 10.9. The van der Waals surface area contributed by atoms with Gasteiger partial charge >= 0.3 is 5.97 Å². The molecule has 0 bridgehead atoms. The van der Waals surface area contributed by atoms with E-state index in [-0.39, 0.29) is 38.0 Å². The molecule has 1 aliphatic heterocycles. The average molecular weight is 513 g/mol. The van der Waals surface area contributed by atoms with Crippen LogP contribution >= 0.6 is 23.1 Å². The van der Waals surface area contributed by atoms with Crippen LogP contribution in [0.5, 0.6) is 11.5 Å². The van der Waals surface area contributed by atoms with E-state index in [0.29, 0.717) is 20.7 Å². The van der Waals surface area contributed by atoms with Gasteiger partial charge in [-0.15, -0.1) is 23.1 Å². The van der Waals surface area contributed by atoms with Gasteiger partial charge < -0.3 is 19.5 Å². The van der Waals surface area contributed by atoms with Crippen LogP contribution in [-0.2, 0) is 27.4 Å². The Hall–Kier alpha value is -3.50. The molecular weight excluding hydrogens is 488 g/mol. The summed E-state index contributed by atoms with van der Waals surface area (Å²) in [6.07, 6.45) is 4.99. The van der Waals surface area contributed by atoms with Gasteiger partial charge in [-0.3, -0.25) is 14.2 Å². The Kier molecular flexibility index (Phi) is 7.94. The molecule has 3 aromatic rings. The van der Waals surface area contributed by atoms with Gasteiger partial charge in [0.15, 0.2) is 11.5 Å². The van der Waals surface area contributed by atoms with E-state index in [1.807, 2.05) is 36.6 Å². The quantitative estimate of drug-likeness (QED) is 0.364. The number of rotatable bonds is 8. The van der Waals surface area contributed by atoms with Crippen molar-refractivity contribution in [3.63, 3.8) is 0 Å². The molecule has 4 rings (SSSR count). The number of thioether (sulfide) groups is 1. The van der Waals surface area contributed by atoms with Crippen LogP contribution in [0.1, 0.15) is 18.1 Å². The topological polar surface area (TPSA) is 95.9 Å². The summed E-state index contributed by atoms with van der Waals surface area (Å²) in [6.45, 7) is 2.11. The molecule has 0 atom stereocenters. The van der Waals surface area contributed by atoms with E-state index in [9.17, 15) is 14.4 Å². The number of fused-ring (bicyclic) bond motifs is 1. The van der Waals surface area contributed by atoms with E-state index in [4.69, 9.17) is 14.2 Å². The molecule has 0 saturated heterocycles. The highest BCUT2D eigenvalue weighted by Crippen LogP contribution is 2.32. The van der Waals surface area contributed by atoms with Crippen molar-refractivity contribution in [2.45, 2.75) is 24.9 Å². The van der Waals surface area contributed by atoms with Crippen molar-refractivity contribution in [2.24, 2.45) is 0 Å². The van der Waals surface area contributed by atoms with Gasteiger partial charge in [0, 0.05) is 11.4 Å². The molecule has 1 aliphatic rings. The van der Waals surface area contributed by atoms with E-state index in [1.165, 1.54) is 10.6 Å². The van der Waals surface area contributed by atoms with Crippen molar-refractivity contribution in [2.75, 3.05) is 19.7 Å². The molecule has 0 unspecified atom stereocenters. The maximum Gasteiger partial charge on any atom is 0.333 e. The fourth-order valence-electron chi connectivity index (χ4n) is 3.38. The van der Waals surface area contributed by atoms with Crippen LogP contribution in [0.4, 0.5) is 0 Å². The number of aromatic nitrogens is 1. The third-order valence-electron chi connectivity index (χ3n) is 5.11. The second-order valence-electron chi connectivity index (χ2n) is 7.47. The number of ether oxygens (including phenoxy) is 3. The lowest BCUT2D eigenvalue weighted by atomic mass is 10.2. The van der Waals surface area contributed by atoms with E-state index in [2.05, 4.69) is 5.32 Å². The Labute approximate surface area is 209 Å². The van der Waals surface area contributed by atoms with Gasteiger partial charge in [-0.05, 0) is 54.6 Å². The lowest BCUT2D eigenvalue weighted by molar-refractivity contribution is -0.135. The molecule has 1 N–H and O–H groups in total. The lowest BCUT2D eigenvalue weighted by Crippen LogP contribution is -2.38. The Balaban J connectivity index is 1.58. The summed E-state index contributed by atoms with van der Waals surface area (Å²) in [5.41, 5.74) is 1.34. The molecule has 182 valence electrons. The maximum absolute atomic E-state index is 13.1. The fourth-order valence-corrected chi connectivity index (χ4v) is 4.82. The Bertz CT molecular complexity index is 1410. The third kappa shape index (κ3) is 6.14. The molecule has 0 radical (unpaired) electrons. The number of thiazole rings is 1. The molecule has 0 spiro atoms. The van der Waals surface area contributed by atoms with Crippen LogP contribution in [0, 0.1) is 0 Å². The van der Waals surface area contributed by atoms with Crippen LogP contribution in [0.15, 0.2) is 52.2 Å². The Morgan fingerprint density at radius 3 is 2.69 bits per heavy atom. The number of hydrogen-bond acceptors (Lipinski definition) is 8. The van der Waals surface area contributed by atoms with Crippen molar-refractivity contribution < 1.29 is 23.8 Å². The van der Waals surface area contributed by atoms with Gasteiger partial charge in [-0.1, -0.05) is 18.2 Å². The summed E-state index contributed by atoms with van der Waals surface area (Å²) >= 11 is 2.77. The molecular formula is C25H24N2O6S2. The van der Waals surface area contributed by atoms with Crippen LogP contribution in [0.2, 0.25) is 0 Å². The number of carbonyl (C=O) groups excluding carboxylic acids is 2. The molecule has 0 fully saturated rings. The van der Waals surface area contributed by atoms with E-state index >= 15 is 0 Å². The van der Waals surface area contributed by atoms with E-state index in [0.717, 1.165) is 27.4 Å². The molecule has 10 heteroatoms. The standard InChI is InChI=1S/C25H24N2O6S2/c1-3-31-24(29)12-23-27(25(30)21(35-23)11-16-4-7-18(34-2)8-5-16)14-22(28)26-13-17-6-9-19-20(10-17)33-15-32-19/h4-12H,3,13-15H2,1-2H3,(H,26,28)/b21-11-,23-12-. The highest BCUT2D eigenvalue weighted by Gasteiger charge is 2.14. The smallest absolute Gasteiger partial charge is 0.333 e. The predicted molar refractivity (Wildman–Crippen MR) is 135 cm³/mol. The van der Waals surface area contributed by atoms with Crippen molar-refractivity contribution in [3.05, 3.63) is 73.1 Å². The van der Waals surface area contributed by atoms with Gasteiger partial charge in [-0.25, -0.2) is 4.79 Å². The largest absolute Gasteiger partial charge is 0.463 e. The summed E-state index contributed by atoms with van der Waals surface area (Å²) in [7, 11) is 0. The first-order valence-corrected chi connectivity index (χ1v) is 12.9. The van der Waals surface area contributed by atoms with Crippen molar-refractivity contribution in [1.82, 2.24) is 9.88 Å². The zero-order valence-corrected chi connectivity index (χ0v) is 20.9. The monoisotopic (exact) mass is 512 g/mol. The third-order valence-corrected chi connectivity index (χ3v) is 6.91. The molecule has 2 aromatic carbocycles. The van der Waals surface area contributed by atoms with E-state index in [1.54, 1.807) is 36.9 Å². The van der Waals surface area contributed by atoms with Gasteiger partial charge in [0.25, 0.3) is 5.56 Å². The number of esters is 1. The zero-order chi connectivity index (χ0) is 24.8. The number of nitrogens with one attached hydrogen (secondary N) is 1. The Morgan fingerprint density at radius 2 is 1.94 bits per heavy atom. The normalized spacial score (nSPS) is 13.2. The first-order chi connectivity index (χ1) is 17.0.